The summed E-state index contributed by atoms with van der Waals surface area (Å²) in [5.41, 5.74) is 3.10. The third-order valence-corrected chi connectivity index (χ3v) is 6.52. The maximum atomic E-state index is 13.0. The van der Waals surface area contributed by atoms with Crippen LogP contribution in [-0.2, 0) is 17.8 Å². The standard InChI is InChI=1S/C24H28N6O2/c1-16(31)17-8-10-19(11-9-17)27-24(32)18-6-5-12-29(14-18)22-21-23(26-15-25-22)30-13-4-2-3-7-20(30)28-21/h8-11,15,18H,2-7,12-14H2,1H3,(H,27,32)/t18-/m0/s1. The highest BCUT2D eigenvalue weighted by molar-refractivity contribution is 5.96. The van der Waals surface area contributed by atoms with Crippen LogP contribution < -0.4 is 10.2 Å². The van der Waals surface area contributed by atoms with E-state index in [0.717, 1.165) is 68.0 Å². The summed E-state index contributed by atoms with van der Waals surface area (Å²) in [6.07, 6.45) is 7.88. The Morgan fingerprint density at radius 3 is 2.69 bits per heavy atom. The lowest BCUT2D eigenvalue weighted by Gasteiger charge is -2.32. The number of benzene rings is 1. The summed E-state index contributed by atoms with van der Waals surface area (Å²) < 4.78 is 2.24. The highest BCUT2D eigenvalue weighted by Crippen LogP contribution is 2.29. The number of nitrogens with zero attached hydrogens (tertiary/aromatic N) is 5. The van der Waals surface area contributed by atoms with Crippen LogP contribution in [0.1, 0.15) is 55.2 Å². The van der Waals surface area contributed by atoms with Crippen LogP contribution in [-0.4, -0.2) is 44.3 Å². The summed E-state index contributed by atoms with van der Waals surface area (Å²) in [6.45, 7) is 3.94. The SMILES string of the molecule is CC(=O)c1ccc(NC(=O)[C@H]2CCCN(c3ncnc4c3nc3n4CCCCC3)C2)cc1. The Balaban J connectivity index is 1.34. The van der Waals surface area contributed by atoms with Crippen LogP contribution in [0.4, 0.5) is 11.5 Å². The Kier molecular flexibility index (Phi) is 5.59. The van der Waals surface area contributed by atoms with Crippen molar-refractivity contribution in [2.45, 2.75) is 52.0 Å². The lowest BCUT2D eigenvalue weighted by atomic mass is 9.97. The van der Waals surface area contributed by atoms with Gasteiger partial charge in [0.25, 0.3) is 0 Å². The zero-order valence-corrected chi connectivity index (χ0v) is 18.4. The highest BCUT2D eigenvalue weighted by Gasteiger charge is 2.29. The van der Waals surface area contributed by atoms with E-state index in [-0.39, 0.29) is 17.6 Å². The summed E-state index contributed by atoms with van der Waals surface area (Å²) in [5.74, 6) is 1.80. The van der Waals surface area contributed by atoms with E-state index in [4.69, 9.17) is 4.98 Å². The van der Waals surface area contributed by atoms with Gasteiger partial charge in [0, 0.05) is 37.3 Å². The first kappa shape index (κ1) is 20.6. The molecule has 1 fully saturated rings. The lowest BCUT2D eigenvalue weighted by molar-refractivity contribution is -0.120. The molecule has 4 heterocycles. The fourth-order valence-corrected chi connectivity index (χ4v) is 4.77. The van der Waals surface area contributed by atoms with E-state index in [2.05, 4.69) is 24.8 Å². The van der Waals surface area contributed by atoms with E-state index < -0.39 is 0 Å². The zero-order chi connectivity index (χ0) is 22.1. The lowest BCUT2D eigenvalue weighted by Crippen LogP contribution is -2.41. The number of hydrogen-bond acceptors (Lipinski definition) is 6. The van der Waals surface area contributed by atoms with Crippen molar-refractivity contribution < 1.29 is 9.59 Å². The summed E-state index contributed by atoms with van der Waals surface area (Å²) in [7, 11) is 0. The predicted molar refractivity (Wildman–Crippen MR) is 123 cm³/mol. The van der Waals surface area contributed by atoms with Gasteiger partial charge < -0.3 is 14.8 Å². The Hall–Kier alpha value is -3.29. The van der Waals surface area contributed by atoms with Crippen LogP contribution in [0.3, 0.4) is 0 Å². The van der Waals surface area contributed by atoms with Gasteiger partial charge in [-0.2, -0.15) is 0 Å². The zero-order valence-electron chi connectivity index (χ0n) is 18.4. The van der Waals surface area contributed by atoms with Crippen molar-refractivity contribution in [1.82, 2.24) is 19.5 Å². The van der Waals surface area contributed by atoms with E-state index in [9.17, 15) is 9.59 Å². The molecule has 1 atom stereocenters. The van der Waals surface area contributed by atoms with Gasteiger partial charge in [-0.15, -0.1) is 0 Å². The second kappa shape index (κ2) is 8.68. The molecule has 8 heteroatoms. The van der Waals surface area contributed by atoms with Crippen molar-refractivity contribution in [3.8, 4) is 0 Å². The summed E-state index contributed by atoms with van der Waals surface area (Å²) in [6, 6.07) is 7.04. The van der Waals surface area contributed by atoms with Crippen LogP contribution in [0, 0.1) is 5.92 Å². The van der Waals surface area contributed by atoms with Gasteiger partial charge in [0.1, 0.15) is 12.2 Å². The minimum Gasteiger partial charge on any atom is -0.354 e. The fourth-order valence-electron chi connectivity index (χ4n) is 4.77. The number of hydrogen-bond donors (Lipinski definition) is 1. The molecule has 1 aromatic carbocycles. The van der Waals surface area contributed by atoms with Crippen LogP contribution in [0.25, 0.3) is 11.2 Å². The molecule has 2 aliphatic rings. The van der Waals surface area contributed by atoms with Crippen LogP contribution in [0.2, 0.25) is 0 Å². The van der Waals surface area contributed by atoms with Gasteiger partial charge in [0.05, 0.1) is 5.92 Å². The van der Waals surface area contributed by atoms with Crippen molar-refractivity contribution in [1.29, 1.82) is 0 Å². The molecular formula is C24H28N6O2. The maximum absolute atomic E-state index is 13.0. The molecule has 8 nitrogen and oxygen atoms in total. The van der Waals surface area contributed by atoms with Gasteiger partial charge in [0.2, 0.25) is 5.91 Å². The molecule has 0 saturated carbocycles. The molecule has 166 valence electrons. The number of rotatable bonds is 4. The molecule has 0 spiro atoms. The average Bonchev–Trinajstić information content (AvgIpc) is 3.00. The van der Waals surface area contributed by atoms with E-state index in [1.54, 1.807) is 30.6 Å². The van der Waals surface area contributed by atoms with Crippen LogP contribution in [0.15, 0.2) is 30.6 Å². The second-order valence-corrected chi connectivity index (χ2v) is 8.77. The smallest absolute Gasteiger partial charge is 0.229 e. The molecule has 0 bridgehead atoms. The Bertz CT molecular complexity index is 1150. The van der Waals surface area contributed by atoms with Crippen LogP contribution >= 0.6 is 0 Å². The number of carbonyl (C=O) groups excluding carboxylic acids is 2. The van der Waals surface area contributed by atoms with Crippen molar-refractivity contribution in [3.63, 3.8) is 0 Å². The molecule has 5 rings (SSSR count). The number of imidazole rings is 1. The van der Waals surface area contributed by atoms with Gasteiger partial charge in [0.15, 0.2) is 22.8 Å². The minimum absolute atomic E-state index is 0.00352. The number of anilines is 2. The molecule has 2 aliphatic heterocycles. The molecule has 0 radical (unpaired) electrons. The predicted octanol–water partition coefficient (Wildman–Crippen LogP) is 3.61. The first-order chi connectivity index (χ1) is 15.6. The summed E-state index contributed by atoms with van der Waals surface area (Å²) in [5, 5.41) is 3.00. The number of ketones is 1. The number of piperidine rings is 1. The third kappa shape index (κ3) is 3.97. The van der Waals surface area contributed by atoms with Gasteiger partial charge in [-0.05, 0) is 56.9 Å². The first-order valence-corrected chi connectivity index (χ1v) is 11.5. The number of Topliss-reactive ketones (excluding diaryl/α,β-unsaturated/α-hetero) is 1. The number of amides is 1. The molecule has 1 saturated heterocycles. The first-order valence-electron chi connectivity index (χ1n) is 11.5. The normalized spacial score (nSPS) is 18.8. The van der Waals surface area contributed by atoms with E-state index >= 15 is 0 Å². The van der Waals surface area contributed by atoms with Crippen molar-refractivity contribution in [2.24, 2.45) is 5.92 Å². The van der Waals surface area contributed by atoms with Crippen molar-refractivity contribution in [3.05, 3.63) is 42.0 Å². The Morgan fingerprint density at radius 1 is 1.03 bits per heavy atom. The second-order valence-electron chi connectivity index (χ2n) is 8.77. The van der Waals surface area contributed by atoms with Gasteiger partial charge in [-0.1, -0.05) is 6.42 Å². The monoisotopic (exact) mass is 432 g/mol. The molecule has 0 unspecified atom stereocenters. The molecule has 2 aromatic heterocycles. The number of carbonyl (C=O) groups is 2. The Morgan fingerprint density at radius 2 is 1.88 bits per heavy atom. The van der Waals surface area contributed by atoms with E-state index in [1.807, 2.05) is 0 Å². The molecule has 1 amide bonds. The van der Waals surface area contributed by atoms with Crippen molar-refractivity contribution in [2.75, 3.05) is 23.3 Å². The quantitative estimate of drug-likeness (QED) is 0.633. The van der Waals surface area contributed by atoms with Gasteiger partial charge in [-0.25, -0.2) is 15.0 Å². The maximum Gasteiger partial charge on any atom is 0.229 e. The fraction of sp³-hybridized carbons (Fsp3) is 0.458. The molecule has 32 heavy (non-hydrogen) atoms. The molecule has 0 aliphatic carbocycles. The van der Waals surface area contributed by atoms with Gasteiger partial charge >= 0.3 is 0 Å². The topological polar surface area (TPSA) is 93.0 Å². The Labute approximate surface area is 187 Å². The highest BCUT2D eigenvalue weighted by atomic mass is 16.2. The largest absolute Gasteiger partial charge is 0.354 e. The van der Waals surface area contributed by atoms with Crippen LogP contribution in [0.5, 0.6) is 0 Å². The summed E-state index contributed by atoms with van der Waals surface area (Å²) in [4.78, 5) is 40.6. The molecule has 3 aromatic rings. The minimum atomic E-state index is -0.137. The number of fused-ring (bicyclic) bond motifs is 3. The van der Waals surface area contributed by atoms with E-state index in [1.165, 1.54) is 13.3 Å². The average molecular weight is 433 g/mol. The molecule has 1 N–H and O–H groups in total. The summed E-state index contributed by atoms with van der Waals surface area (Å²) >= 11 is 0. The van der Waals surface area contributed by atoms with Gasteiger partial charge in [-0.3, -0.25) is 9.59 Å². The van der Waals surface area contributed by atoms with E-state index in [0.29, 0.717) is 17.8 Å². The number of aryl methyl sites for hydroxylation is 2. The third-order valence-electron chi connectivity index (χ3n) is 6.52. The van der Waals surface area contributed by atoms with Crippen molar-refractivity contribution >= 4 is 34.4 Å². The number of aromatic nitrogens is 4. The molecular weight excluding hydrogens is 404 g/mol. The number of nitrogens with one attached hydrogen (secondary N) is 1.